The van der Waals surface area contributed by atoms with Crippen LogP contribution in [0, 0.1) is 6.92 Å². The van der Waals surface area contributed by atoms with E-state index in [0.717, 1.165) is 16.7 Å². The number of amides is 2. The molecule has 0 saturated heterocycles. The Morgan fingerprint density at radius 1 is 1.27 bits per heavy atom. The smallest absolute Gasteiger partial charge is 0.238 e. The third-order valence-corrected chi connectivity index (χ3v) is 5.25. The normalized spacial score (nSPS) is 16.8. The fourth-order valence-corrected chi connectivity index (χ4v) is 3.88. The molecule has 8 heteroatoms. The van der Waals surface area contributed by atoms with Gasteiger partial charge in [-0.2, -0.15) is 0 Å². The molecule has 0 radical (unpaired) electrons. The Kier molecular flexibility index (Phi) is 5.26. The molecule has 0 bridgehead atoms. The summed E-state index contributed by atoms with van der Waals surface area (Å²) >= 11 is 0. The van der Waals surface area contributed by atoms with Gasteiger partial charge in [-0.15, -0.1) is 0 Å². The molecule has 0 spiro atoms. The van der Waals surface area contributed by atoms with E-state index in [2.05, 4.69) is 10.6 Å². The van der Waals surface area contributed by atoms with E-state index in [1.54, 1.807) is 12.0 Å². The third-order valence-electron chi connectivity index (χ3n) is 5.25. The number of hydrogen-bond donors (Lipinski definition) is 2. The molecule has 2 heterocycles. The highest BCUT2D eigenvalue weighted by molar-refractivity contribution is 5.98. The van der Waals surface area contributed by atoms with Crippen molar-refractivity contribution in [1.82, 2.24) is 4.90 Å². The summed E-state index contributed by atoms with van der Waals surface area (Å²) in [4.78, 5) is 26.5. The van der Waals surface area contributed by atoms with Crippen molar-refractivity contribution in [3.05, 3.63) is 41.0 Å². The molecule has 0 aromatic heterocycles. The molecule has 2 aromatic rings. The van der Waals surface area contributed by atoms with Crippen LogP contribution in [0.1, 0.15) is 29.0 Å². The second-order valence-corrected chi connectivity index (χ2v) is 7.80. The number of aryl methyl sites for hydroxylation is 1. The highest BCUT2D eigenvalue weighted by Gasteiger charge is 2.30. The van der Waals surface area contributed by atoms with E-state index in [0.29, 0.717) is 35.0 Å². The molecule has 0 aliphatic carbocycles. The SMILES string of the molecule is COc1cc(C2CC(=O)Nc3cc(NC(=O)CN(C)C)c(C)cc32)cc2c1OCO2. The summed E-state index contributed by atoms with van der Waals surface area (Å²) in [6.07, 6.45) is 0.307. The first kappa shape index (κ1) is 20.0. The number of ether oxygens (including phenoxy) is 3. The van der Waals surface area contributed by atoms with E-state index in [4.69, 9.17) is 14.2 Å². The fourth-order valence-electron chi connectivity index (χ4n) is 3.88. The molecule has 2 aromatic carbocycles. The first-order valence-electron chi connectivity index (χ1n) is 9.72. The zero-order chi connectivity index (χ0) is 21.4. The zero-order valence-electron chi connectivity index (χ0n) is 17.5. The summed E-state index contributed by atoms with van der Waals surface area (Å²) in [5, 5.41) is 5.86. The maximum atomic E-state index is 12.5. The van der Waals surface area contributed by atoms with Crippen molar-refractivity contribution in [2.45, 2.75) is 19.3 Å². The summed E-state index contributed by atoms with van der Waals surface area (Å²) < 4.78 is 16.5. The third kappa shape index (κ3) is 3.78. The van der Waals surface area contributed by atoms with Crippen LogP contribution in [0.4, 0.5) is 11.4 Å². The van der Waals surface area contributed by atoms with Crippen LogP contribution in [0.5, 0.6) is 17.2 Å². The summed E-state index contributed by atoms with van der Waals surface area (Å²) in [6.45, 7) is 2.37. The van der Waals surface area contributed by atoms with Crippen molar-refractivity contribution in [2.24, 2.45) is 0 Å². The minimum atomic E-state index is -0.164. The molecule has 2 aliphatic rings. The van der Waals surface area contributed by atoms with Gasteiger partial charge < -0.3 is 29.7 Å². The number of carbonyl (C=O) groups excluding carboxylic acids is 2. The minimum Gasteiger partial charge on any atom is -0.493 e. The van der Waals surface area contributed by atoms with Gasteiger partial charge in [0.15, 0.2) is 11.5 Å². The van der Waals surface area contributed by atoms with E-state index in [9.17, 15) is 9.59 Å². The van der Waals surface area contributed by atoms with Gasteiger partial charge in [-0.1, -0.05) is 6.07 Å². The van der Waals surface area contributed by atoms with Gasteiger partial charge in [-0.25, -0.2) is 0 Å². The summed E-state index contributed by atoms with van der Waals surface area (Å²) in [6, 6.07) is 7.64. The molecule has 1 unspecified atom stereocenters. The zero-order valence-corrected chi connectivity index (χ0v) is 17.5. The summed E-state index contributed by atoms with van der Waals surface area (Å²) in [7, 11) is 5.25. The predicted octanol–water partition coefficient (Wildman–Crippen LogP) is 2.71. The van der Waals surface area contributed by atoms with Crippen LogP contribution in [-0.4, -0.2) is 51.3 Å². The molecule has 2 amide bonds. The van der Waals surface area contributed by atoms with Gasteiger partial charge in [0, 0.05) is 23.7 Å². The lowest BCUT2D eigenvalue weighted by Gasteiger charge is -2.28. The summed E-state index contributed by atoms with van der Waals surface area (Å²) in [5.41, 5.74) is 4.20. The first-order valence-corrected chi connectivity index (χ1v) is 9.72. The topological polar surface area (TPSA) is 89.1 Å². The van der Waals surface area contributed by atoms with Crippen molar-refractivity contribution in [1.29, 1.82) is 0 Å². The lowest BCUT2D eigenvalue weighted by molar-refractivity contribution is -0.117. The van der Waals surface area contributed by atoms with Crippen LogP contribution in [0.15, 0.2) is 24.3 Å². The molecule has 0 saturated carbocycles. The molecule has 4 rings (SSSR count). The quantitative estimate of drug-likeness (QED) is 0.787. The standard InChI is InChI=1S/C22H25N3O5/c1-12-5-15-14(13-6-18(28-4)22-19(7-13)29-11-30-22)8-20(26)24-17(15)9-16(12)23-21(27)10-25(2)3/h5-7,9,14H,8,10-11H2,1-4H3,(H,23,27)(H,24,26). The van der Waals surface area contributed by atoms with E-state index in [1.165, 1.54) is 0 Å². The van der Waals surface area contributed by atoms with Crippen LogP contribution in [0.25, 0.3) is 0 Å². The number of rotatable bonds is 5. The van der Waals surface area contributed by atoms with Crippen LogP contribution < -0.4 is 24.8 Å². The van der Waals surface area contributed by atoms with Gasteiger partial charge in [-0.3, -0.25) is 9.59 Å². The van der Waals surface area contributed by atoms with E-state index in [-0.39, 0.29) is 31.1 Å². The largest absolute Gasteiger partial charge is 0.493 e. The van der Waals surface area contributed by atoms with Crippen molar-refractivity contribution in [2.75, 3.05) is 45.2 Å². The van der Waals surface area contributed by atoms with E-state index >= 15 is 0 Å². The Morgan fingerprint density at radius 2 is 2.07 bits per heavy atom. The van der Waals surface area contributed by atoms with Gasteiger partial charge >= 0.3 is 0 Å². The number of nitrogens with zero attached hydrogens (tertiary/aromatic N) is 1. The van der Waals surface area contributed by atoms with Crippen LogP contribution in [0.3, 0.4) is 0 Å². The molecule has 0 fully saturated rings. The van der Waals surface area contributed by atoms with Crippen LogP contribution >= 0.6 is 0 Å². The number of fused-ring (bicyclic) bond motifs is 2. The average molecular weight is 411 g/mol. The molecule has 2 aliphatic heterocycles. The maximum absolute atomic E-state index is 12.5. The number of benzene rings is 2. The molecule has 30 heavy (non-hydrogen) atoms. The van der Waals surface area contributed by atoms with E-state index < -0.39 is 0 Å². The van der Waals surface area contributed by atoms with Gasteiger partial charge in [0.2, 0.25) is 24.4 Å². The average Bonchev–Trinajstić information content (AvgIpc) is 3.15. The molecule has 8 nitrogen and oxygen atoms in total. The molecule has 2 N–H and O–H groups in total. The van der Waals surface area contributed by atoms with Crippen LogP contribution in [0.2, 0.25) is 0 Å². The Balaban J connectivity index is 1.72. The highest BCUT2D eigenvalue weighted by Crippen LogP contribution is 2.47. The first-order chi connectivity index (χ1) is 14.4. The Bertz CT molecular complexity index is 1020. The highest BCUT2D eigenvalue weighted by atomic mass is 16.7. The second-order valence-electron chi connectivity index (χ2n) is 7.80. The van der Waals surface area contributed by atoms with Crippen molar-refractivity contribution >= 4 is 23.2 Å². The lowest BCUT2D eigenvalue weighted by atomic mass is 9.83. The van der Waals surface area contributed by atoms with Crippen molar-refractivity contribution in [3.8, 4) is 17.2 Å². The van der Waals surface area contributed by atoms with Crippen molar-refractivity contribution in [3.63, 3.8) is 0 Å². The van der Waals surface area contributed by atoms with E-state index in [1.807, 2.05) is 45.3 Å². The Morgan fingerprint density at radius 3 is 2.80 bits per heavy atom. The lowest BCUT2D eigenvalue weighted by Crippen LogP contribution is -2.28. The van der Waals surface area contributed by atoms with Crippen molar-refractivity contribution < 1.29 is 23.8 Å². The number of hydrogen-bond acceptors (Lipinski definition) is 6. The summed E-state index contributed by atoms with van der Waals surface area (Å²) in [5.74, 6) is 1.41. The number of likely N-dealkylation sites (N-methyl/N-ethyl adjacent to an activating group) is 1. The number of methoxy groups -OCH3 is 1. The van der Waals surface area contributed by atoms with Gasteiger partial charge in [0.25, 0.3) is 0 Å². The molecular formula is C22H25N3O5. The maximum Gasteiger partial charge on any atom is 0.238 e. The monoisotopic (exact) mass is 411 g/mol. The molecule has 1 atom stereocenters. The second kappa shape index (κ2) is 7.87. The van der Waals surface area contributed by atoms with Gasteiger partial charge in [0.1, 0.15) is 0 Å². The predicted molar refractivity (Wildman–Crippen MR) is 113 cm³/mol. The Hall–Kier alpha value is -3.26. The fraction of sp³-hybridized carbons (Fsp3) is 0.364. The number of nitrogens with one attached hydrogen (secondary N) is 2. The van der Waals surface area contributed by atoms with Gasteiger partial charge in [0.05, 0.1) is 13.7 Å². The minimum absolute atomic E-state index is 0.0847. The number of carbonyl (C=O) groups is 2. The molecular weight excluding hydrogens is 386 g/mol. The Labute approximate surface area is 175 Å². The van der Waals surface area contributed by atoms with Crippen LogP contribution in [-0.2, 0) is 9.59 Å². The molecule has 158 valence electrons. The number of anilines is 2. The van der Waals surface area contributed by atoms with Gasteiger partial charge in [-0.05, 0) is 55.9 Å².